The summed E-state index contributed by atoms with van der Waals surface area (Å²) in [7, 11) is 1.67. The minimum absolute atomic E-state index is 0.0525. The molecule has 1 amide bonds. The van der Waals surface area contributed by atoms with E-state index >= 15 is 0 Å². The first-order chi connectivity index (χ1) is 16.2. The molecule has 5 rings (SSSR count). The largest absolute Gasteiger partial charge is 0.497 e. The Morgan fingerprint density at radius 1 is 1.03 bits per heavy atom. The molecule has 0 bridgehead atoms. The van der Waals surface area contributed by atoms with Crippen molar-refractivity contribution in [1.82, 2.24) is 19.8 Å². The highest BCUT2D eigenvalue weighted by Gasteiger charge is 2.56. The Balaban J connectivity index is 1.42. The third kappa shape index (κ3) is 4.34. The Morgan fingerprint density at radius 2 is 1.82 bits per heavy atom. The fourth-order valence-corrected chi connectivity index (χ4v) is 4.97. The quantitative estimate of drug-likeness (QED) is 0.583. The van der Waals surface area contributed by atoms with E-state index in [0.717, 1.165) is 30.0 Å². The molecule has 2 atom stereocenters. The van der Waals surface area contributed by atoms with Crippen molar-refractivity contribution in [3.63, 3.8) is 0 Å². The minimum atomic E-state index is -0.916. The van der Waals surface area contributed by atoms with Gasteiger partial charge in [0, 0.05) is 63.4 Å². The number of benzene rings is 1. The molecule has 1 spiro atoms. The summed E-state index contributed by atoms with van der Waals surface area (Å²) in [5.74, 6) is 0.802. The third-order valence-electron chi connectivity index (χ3n) is 6.61. The van der Waals surface area contributed by atoms with E-state index in [1.807, 2.05) is 41.4 Å². The van der Waals surface area contributed by atoms with Crippen LogP contribution >= 0.6 is 0 Å². The summed E-state index contributed by atoms with van der Waals surface area (Å²) in [6.07, 6.45) is 7.16. The second-order valence-electron chi connectivity index (χ2n) is 8.68. The van der Waals surface area contributed by atoms with Gasteiger partial charge in [0.15, 0.2) is 5.60 Å². The predicted molar refractivity (Wildman–Crippen MR) is 124 cm³/mol. The van der Waals surface area contributed by atoms with Crippen LogP contribution in [0.2, 0.25) is 0 Å². The van der Waals surface area contributed by atoms with E-state index in [2.05, 4.69) is 33.1 Å². The van der Waals surface area contributed by atoms with Crippen LogP contribution in [0.3, 0.4) is 0 Å². The van der Waals surface area contributed by atoms with E-state index in [9.17, 15) is 4.79 Å². The van der Waals surface area contributed by atoms with Crippen molar-refractivity contribution in [3.05, 3.63) is 90.0 Å². The standard InChI is InChI=1S/C26H28N4O3/c1-32-23-6-4-20(5-7-23)16-29-18-24(22-3-2-10-28-15-22)26(19-29)25(31)30(13-14-33-26)17-21-8-11-27-12-9-21/h2-12,15,24H,13-14,16-19H2,1H3/t24-,26-/m1/s1. The van der Waals surface area contributed by atoms with Crippen molar-refractivity contribution in [2.75, 3.05) is 33.4 Å². The monoisotopic (exact) mass is 444 g/mol. The lowest BCUT2D eigenvalue weighted by Gasteiger charge is -2.42. The highest BCUT2D eigenvalue weighted by Crippen LogP contribution is 2.42. The maximum atomic E-state index is 13.9. The van der Waals surface area contributed by atoms with Gasteiger partial charge in [-0.15, -0.1) is 0 Å². The molecule has 0 aliphatic carbocycles. The third-order valence-corrected chi connectivity index (χ3v) is 6.61. The number of methoxy groups -OCH3 is 1. The van der Waals surface area contributed by atoms with Gasteiger partial charge >= 0.3 is 0 Å². The highest BCUT2D eigenvalue weighted by atomic mass is 16.5. The SMILES string of the molecule is COc1ccc(CN2C[C@H](c3cccnc3)[C@@]3(C2)OCCN(Cc2ccncc2)C3=O)cc1. The van der Waals surface area contributed by atoms with Crippen LogP contribution < -0.4 is 4.74 Å². The summed E-state index contributed by atoms with van der Waals surface area (Å²) >= 11 is 0. The number of pyridine rings is 2. The smallest absolute Gasteiger partial charge is 0.257 e. The van der Waals surface area contributed by atoms with Gasteiger partial charge in [-0.05, 0) is 47.0 Å². The van der Waals surface area contributed by atoms with Gasteiger partial charge in [0.1, 0.15) is 5.75 Å². The van der Waals surface area contributed by atoms with Crippen LogP contribution in [0, 0.1) is 0 Å². The average molecular weight is 445 g/mol. The topological polar surface area (TPSA) is 67.8 Å². The number of hydrogen-bond acceptors (Lipinski definition) is 6. The Morgan fingerprint density at radius 3 is 2.55 bits per heavy atom. The van der Waals surface area contributed by atoms with Gasteiger partial charge < -0.3 is 14.4 Å². The number of amides is 1. The molecule has 0 unspecified atom stereocenters. The summed E-state index contributed by atoms with van der Waals surface area (Å²) in [6, 6.07) is 16.0. The Hall–Kier alpha value is -3.29. The number of hydrogen-bond donors (Lipinski definition) is 0. The molecule has 0 N–H and O–H groups in total. The number of rotatable bonds is 6. The average Bonchev–Trinajstić information content (AvgIpc) is 3.22. The van der Waals surface area contributed by atoms with Gasteiger partial charge in [-0.25, -0.2) is 0 Å². The number of carbonyl (C=O) groups is 1. The zero-order valence-electron chi connectivity index (χ0n) is 18.8. The van der Waals surface area contributed by atoms with Gasteiger partial charge in [-0.3, -0.25) is 19.7 Å². The van der Waals surface area contributed by atoms with E-state index in [4.69, 9.17) is 9.47 Å². The van der Waals surface area contributed by atoms with Crippen molar-refractivity contribution in [2.45, 2.75) is 24.6 Å². The van der Waals surface area contributed by atoms with Gasteiger partial charge in [0.2, 0.25) is 0 Å². The highest BCUT2D eigenvalue weighted by molar-refractivity contribution is 5.88. The summed E-state index contributed by atoms with van der Waals surface area (Å²) in [6.45, 7) is 3.68. The maximum Gasteiger partial charge on any atom is 0.257 e. The molecule has 0 saturated carbocycles. The second kappa shape index (κ2) is 9.29. The first-order valence-electron chi connectivity index (χ1n) is 11.3. The first-order valence-corrected chi connectivity index (χ1v) is 11.3. The minimum Gasteiger partial charge on any atom is -0.497 e. The van der Waals surface area contributed by atoms with Crippen LogP contribution in [0.4, 0.5) is 0 Å². The number of ether oxygens (including phenoxy) is 2. The molecule has 2 aliphatic rings. The van der Waals surface area contributed by atoms with Crippen molar-refractivity contribution in [2.24, 2.45) is 0 Å². The molecule has 2 saturated heterocycles. The molecule has 4 heterocycles. The molecule has 1 aromatic carbocycles. The van der Waals surface area contributed by atoms with Crippen LogP contribution in [0.1, 0.15) is 22.6 Å². The number of nitrogens with zero attached hydrogens (tertiary/aromatic N) is 4. The lowest BCUT2D eigenvalue weighted by molar-refractivity contribution is -0.173. The molecular formula is C26H28N4O3. The van der Waals surface area contributed by atoms with E-state index < -0.39 is 5.60 Å². The fourth-order valence-electron chi connectivity index (χ4n) is 4.97. The summed E-state index contributed by atoms with van der Waals surface area (Å²) < 4.78 is 11.7. The van der Waals surface area contributed by atoms with Gasteiger partial charge in [-0.1, -0.05) is 18.2 Å². The van der Waals surface area contributed by atoms with Crippen LogP contribution in [0.15, 0.2) is 73.3 Å². The zero-order chi connectivity index (χ0) is 22.7. The molecule has 2 aliphatic heterocycles. The van der Waals surface area contributed by atoms with Gasteiger partial charge in [0.05, 0.1) is 13.7 Å². The van der Waals surface area contributed by atoms with Crippen molar-refractivity contribution >= 4 is 5.91 Å². The summed E-state index contributed by atoms with van der Waals surface area (Å²) in [5, 5.41) is 0. The summed E-state index contributed by atoms with van der Waals surface area (Å²) in [5.41, 5.74) is 2.37. The predicted octanol–water partition coefficient (Wildman–Crippen LogP) is 2.88. The second-order valence-corrected chi connectivity index (χ2v) is 8.68. The first kappa shape index (κ1) is 21.6. The molecule has 7 nitrogen and oxygen atoms in total. The van der Waals surface area contributed by atoms with Gasteiger partial charge in [-0.2, -0.15) is 0 Å². The maximum absolute atomic E-state index is 13.9. The van der Waals surface area contributed by atoms with Gasteiger partial charge in [0.25, 0.3) is 5.91 Å². The molecule has 2 aromatic heterocycles. The van der Waals surface area contributed by atoms with Crippen molar-refractivity contribution < 1.29 is 14.3 Å². The lowest BCUT2D eigenvalue weighted by atomic mass is 9.83. The fraction of sp³-hybridized carbons (Fsp3) is 0.346. The van der Waals surface area contributed by atoms with Crippen LogP contribution in [-0.4, -0.2) is 64.6 Å². The Kier molecular flexibility index (Phi) is 6.07. The van der Waals surface area contributed by atoms with Crippen molar-refractivity contribution in [1.29, 1.82) is 0 Å². The summed E-state index contributed by atoms with van der Waals surface area (Å²) in [4.78, 5) is 26.6. The molecule has 7 heteroatoms. The number of likely N-dealkylation sites (tertiary alicyclic amines) is 1. The van der Waals surface area contributed by atoms with E-state index in [0.29, 0.717) is 26.2 Å². The Bertz CT molecular complexity index is 1080. The van der Waals surface area contributed by atoms with Crippen molar-refractivity contribution in [3.8, 4) is 5.75 Å². The van der Waals surface area contributed by atoms with Crippen LogP contribution in [-0.2, 0) is 22.6 Å². The zero-order valence-corrected chi connectivity index (χ0v) is 18.8. The van der Waals surface area contributed by atoms with Crippen LogP contribution in [0.5, 0.6) is 5.75 Å². The van der Waals surface area contributed by atoms with E-state index in [-0.39, 0.29) is 11.8 Å². The van der Waals surface area contributed by atoms with Crippen LogP contribution in [0.25, 0.3) is 0 Å². The number of morpholine rings is 1. The molecule has 33 heavy (non-hydrogen) atoms. The normalized spacial score (nSPS) is 23.2. The molecule has 170 valence electrons. The number of carbonyl (C=O) groups excluding carboxylic acids is 1. The van der Waals surface area contributed by atoms with E-state index in [1.165, 1.54) is 5.56 Å². The lowest BCUT2D eigenvalue weighted by Crippen LogP contribution is -2.59. The molecule has 2 fully saturated rings. The molecular weight excluding hydrogens is 416 g/mol. The van der Waals surface area contributed by atoms with E-state index in [1.54, 1.807) is 25.7 Å². The Labute approximate surface area is 194 Å². The molecule has 0 radical (unpaired) electrons. The number of aromatic nitrogens is 2. The molecule has 3 aromatic rings.